The Morgan fingerprint density at radius 2 is 1.93 bits per heavy atom. The van der Waals surface area contributed by atoms with Crippen LogP contribution >= 0.6 is 11.6 Å². The van der Waals surface area contributed by atoms with Crippen molar-refractivity contribution >= 4 is 17.6 Å². The van der Waals surface area contributed by atoms with E-state index in [2.05, 4.69) is 0 Å². The number of hydrazine groups is 1. The second-order valence-corrected chi connectivity index (χ2v) is 7.23. The van der Waals surface area contributed by atoms with Gasteiger partial charge < -0.3 is 9.84 Å². The Labute approximate surface area is 163 Å². The van der Waals surface area contributed by atoms with Crippen molar-refractivity contribution in [3.8, 4) is 11.1 Å². The lowest BCUT2D eigenvalue weighted by molar-refractivity contribution is -0.155. The Morgan fingerprint density at radius 1 is 1.26 bits per heavy atom. The van der Waals surface area contributed by atoms with Crippen LogP contribution in [-0.4, -0.2) is 35.3 Å². The predicted octanol–water partition coefficient (Wildman–Crippen LogP) is 3.38. The van der Waals surface area contributed by atoms with Crippen LogP contribution in [0.15, 0.2) is 42.5 Å². The topological polar surface area (TPSA) is 75.8 Å². The highest BCUT2D eigenvalue weighted by molar-refractivity contribution is 6.30. The van der Waals surface area contributed by atoms with Gasteiger partial charge in [-0.2, -0.15) is 0 Å². The van der Waals surface area contributed by atoms with Gasteiger partial charge in [0.15, 0.2) is 6.10 Å². The average Bonchev–Trinajstić information content (AvgIpc) is 2.62. The second kappa shape index (κ2) is 9.80. The van der Waals surface area contributed by atoms with Crippen molar-refractivity contribution < 1.29 is 19.0 Å². The number of nitrogens with zero attached hydrogens (tertiary/aromatic N) is 1. The van der Waals surface area contributed by atoms with E-state index in [0.717, 1.165) is 5.56 Å². The number of esters is 1. The van der Waals surface area contributed by atoms with Gasteiger partial charge in [0.25, 0.3) is 0 Å². The Hall–Kier alpha value is -1.99. The number of rotatable bonds is 8. The summed E-state index contributed by atoms with van der Waals surface area (Å²) in [6, 6.07) is 11.5. The molecule has 0 saturated heterocycles. The van der Waals surface area contributed by atoms with Crippen LogP contribution in [0.25, 0.3) is 11.1 Å². The lowest BCUT2D eigenvalue weighted by atomic mass is 10.0. The summed E-state index contributed by atoms with van der Waals surface area (Å²) in [5.74, 6) is 5.03. The minimum atomic E-state index is -1.31. The lowest BCUT2D eigenvalue weighted by Gasteiger charge is -2.20. The van der Waals surface area contributed by atoms with Crippen molar-refractivity contribution in [2.75, 3.05) is 13.2 Å². The third-order valence-corrected chi connectivity index (χ3v) is 4.05. The molecule has 0 aromatic heterocycles. The minimum Gasteiger partial charge on any atom is -0.463 e. The van der Waals surface area contributed by atoms with Crippen LogP contribution in [0.4, 0.5) is 4.39 Å². The zero-order chi connectivity index (χ0) is 20.0. The number of aliphatic hydroxyl groups excluding tert-OH is 1. The molecular formula is C20H24ClFN2O3. The normalized spacial score (nSPS) is 12.4. The summed E-state index contributed by atoms with van der Waals surface area (Å²) in [7, 11) is 0. The molecule has 2 aromatic rings. The summed E-state index contributed by atoms with van der Waals surface area (Å²) in [5, 5.41) is 11.7. The van der Waals surface area contributed by atoms with E-state index in [0.29, 0.717) is 22.7 Å². The Kier molecular flexibility index (Phi) is 7.74. The Balaban J connectivity index is 1.94. The third kappa shape index (κ3) is 6.59. The lowest BCUT2D eigenvalue weighted by Crippen LogP contribution is -2.41. The Morgan fingerprint density at radius 3 is 2.56 bits per heavy atom. The van der Waals surface area contributed by atoms with Gasteiger partial charge in [-0.25, -0.2) is 14.2 Å². The number of carbonyl (C=O) groups is 1. The molecule has 0 bridgehead atoms. The monoisotopic (exact) mass is 394 g/mol. The first-order chi connectivity index (χ1) is 12.8. The van der Waals surface area contributed by atoms with E-state index in [-0.39, 0.29) is 24.9 Å². The first-order valence-electron chi connectivity index (χ1n) is 8.65. The number of ether oxygens (including phenoxy) is 1. The molecule has 0 aliphatic rings. The maximum atomic E-state index is 13.9. The highest BCUT2D eigenvalue weighted by Crippen LogP contribution is 2.26. The fourth-order valence-corrected chi connectivity index (χ4v) is 2.62. The van der Waals surface area contributed by atoms with Crippen LogP contribution in [0.1, 0.15) is 19.4 Å². The average molecular weight is 395 g/mol. The van der Waals surface area contributed by atoms with Crippen LogP contribution in [-0.2, 0) is 16.1 Å². The van der Waals surface area contributed by atoms with Crippen molar-refractivity contribution in [3.63, 3.8) is 0 Å². The number of nitrogens with two attached hydrogens (primary N) is 1. The number of carbonyl (C=O) groups excluding carboxylic acids is 1. The zero-order valence-electron chi connectivity index (χ0n) is 15.4. The fourth-order valence-electron chi connectivity index (χ4n) is 2.45. The maximum Gasteiger partial charge on any atom is 0.336 e. The molecule has 1 unspecified atom stereocenters. The molecule has 2 rings (SSSR count). The van der Waals surface area contributed by atoms with Gasteiger partial charge in [-0.3, -0.25) is 5.84 Å². The molecule has 2 aromatic carbocycles. The van der Waals surface area contributed by atoms with Gasteiger partial charge in [-0.15, -0.1) is 0 Å². The SMILES string of the molecule is CC(C)COC(=O)C(O)CN(N)Cc1ccc(-c2cc(Cl)ccc2F)cc1. The van der Waals surface area contributed by atoms with E-state index >= 15 is 0 Å². The molecule has 0 fully saturated rings. The summed E-state index contributed by atoms with van der Waals surface area (Å²) < 4.78 is 18.9. The van der Waals surface area contributed by atoms with Crippen molar-refractivity contribution in [2.45, 2.75) is 26.5 Å². The van der Waals surface area contributed by atoms with Gasteiger partial charge in [0, 0.05) is 17.1 Å². The van der Waals surface area contributed by atoms with Gasteiger partial charge in [-0.1, -0.05) is 49.7 Å². The molecule has 3 N–H and O–H groups in total. The molecule has 0 saturated carbocycles. The van der Waals surface area contributed by atoms with Crippen molar-refractivity contribution in [1.82, 2.24) is 5.01 Å². The molecule has 1 atom stereocenters. The van der Waals surface area contributed by atoms with Crippen molar-refractivity contribution in [1.29, 1.82) is 0 Å². The smallest absolute Gasteiger partial charge is 0.336 e. The van der Waals surface area contributed by atoms with Gasteiger partial charge >= 0.3 is 5.97 Å². The number of aliphatic hydroxyl groups is 1. The molecule has 0 aliphatic heterocycles. The molecule has 5 nitrogen and oxygen atoms in total. The summed E-state index contributed by atoms with van der Waals surface area (Å²) in [6.45, 7) is 4.33. The van der Waals surface area contributed by atoms with Crippen LogP contribution < -0.4 is 5.84 Å². The quantitative estimate of drug-likeness (QED) is 0.408. The molecule has 0 amide bonds. The van der Waals surface area contributed by atoms with E-state index in [1.54, 1.807) is 30.3 Å². The van der Waals surface area contributed by atoms with Gasteiger partial charge in [0.1, 0.15) is 5.82 Å². The summed E-state index contributed by atoms with van der Waals surface area (Å²) >= 11 is 5.93. The molecule has 0 heterocycles. The van der Waals surface area contributed by atoms with E-state index < -0.39 is 12.1 Å². The third-order valence-electron chi connectivity index (χ3n) is 3.82. The fraction of sp³-hybridized carbons (Fsp3) is 0.350. The molecule has 146 valence electrons. The first kappa shape index (κ1) is 21.3. The standard InChI is InChI=1S/C20H24ClFN2O3/c1-13(2)12-27-20(26)19(25)11-24(23)10-14-3-5-15(6-4-14)17-9-16(21)7-8-18(17)22/h3-9,13,19,25H,10-12,23H2,1-2H3. The van der Waals surface area contributed by atoms with Gasteiger partial charge in [0.05, 0.1) is 13.2 Å². The van der Waals surface area contributed by atoms with Gasteiger partial charge in [-0.05, 0) is 35.2 Å². The first-order valence-corrected chi connectivity index (χ1v) is 9.02. The van der Waals surface area contributed by atoms with Crippen LogP contribution in [0.3, 0.4) is 0 Å². The Bertz CT molecular complexity index is 768. The molecule has 0 aliphatic carbocycles. The molecular weight excluding hydrogens is 371 g/mol. The number of hydrogen-bond donors (Lipinski definition) is 2. The van der Waals surface area contributed by atoms with Crippen molar-refractivity contribution in [3.05, 3.63) is 58.9 Å². The zero-order valence-corrected chi connectivity index (χ0v) is 16.1. The van der Waals surface area contributed by atoms with E-state index in [4.69, 9.17) is 22.2 Å². The number of benzene rings is 2. The maximum absolute atomic E-state index is 13.9. The summed E-state index contributed by atoms with van der Waals surface area (Å²) in [6.07, 6.45) is -1.31. The largest absolute Gasteiger partial charge is 0.463 e. The van der Waals surface area contributed by atoms with E-state index in [1.165, 1.54) is 17.1 Å². The summed E-state index contributed by atoms with van der Waals surface area (Å²) in [4.78, 5) is 11.7. The van der Waals surface area contributed by atoms with E-state index in [1.807, 2.05) is 13.8 Å². The van der Waals surface area contributed by atoms with Crippen LogP contribution in [0.5, 0.6) is 0 Å². The van der Waals surface area contributed by atoms with Crippen LogP contribution in [0.2, 0.25) is 5.02 Å². The van der Waals surface area contributed by atoms with Crippen molar-refractivity contribution in [2.24, 2.45) is 11.8 Å². The molecule has 27 heavy (non-hydrogen) atoms. The molecule has 7 heteroatoms. The summed E-state index contributed by atoms with van der Waals surface area (Å²) in [5.41, 5.74) is 1.97. The highest BCUT2D eigenvalue weighted by atomic mass is 35.5. The number of hydrogen-bond acceptors (Lipinski definition) is 5. The predicted molar refractivity (Wildman–Crippen MR) is 103 cm³/mol. The number of halogens is 2. The minimum absolute atomic E-state index is 0.0540. The molecule has 0 spiro atoms. The van der Waals surface area contributed by atoms with Crippen LogP contribution in [0, 0.1) is 11.7 Å². The van der Waals surface area contributed by atoms with Gasteiger partial charge in [0.2, 0.25) is 0 Å². The second-order valence-electron chi connectivity index (χ2n) is 6.79. The van der Waals surface area contributed by atoms with E-state index in [9.17, 15) is 14.3 Å². The molecule has 0 radical (unpaired) electrons. The highest BCUT2D eigenvalue weighted by Gasteiger charge is 2.19.